The lowest BCUT2D eigenvalue weighted by Gasteiger charge is -1.96. The molecule has 1 rings (SSSR count). The summed E-state index contributed by atoms with van der Waals surface area (Å²) in [4.78, 5) is 20.2. The largest absolute Gasteiger partial charge is 0.624 e. The summed E-state index contributed by atoms with van der Waals surface area (Å²) in [5, 5.41) is 20.0. The van der Waals surface area contributed by atoms with Crippen molar-refractivity contribution in [2.45, 2.75) is 39.5 Å². The molecule has 1 aromatic carbocycles. The number of nitrogens with zero attached hydrogens (tertiary/aromatic N) is 2. The van der Waals surface area contributed by atoms with Crippen LogP contribution in [0.15, 0.2) is 24.3 Å². The topological polar surface area (TPSA) is 86.3 Å². The second-order valence-corrected chi connectivity index (χ2v) is 5.02. The third-order valence-corrected chi connectivity index (χ3v) is 2.73. The zero-order valence-electron chi connectivity index (χ0n) is 14.6. The van der Waals surface area contributed by atoms with Gasteiger partial charge < -0.3 is 10.4 Å². The molecule has 0 spiro atoms. The Kier molecular flexibility index (Phi) is 16.7. The molecular formula is C18H28N2O4. The smallest absolute Gasteiger partial charge is 0.152 e. The van der Waals surface area contributed by atoms with Gasteiger partial charge in [-0.25, -0.2) is 9.48 Å². The molecule has 24 heavy (non-hydrogen) atoms. The van der Waals surface area contributed by atoms with E-state index in [4.69, 9.17) is 0 Å². The highest BCUT2D eigenvalue weighted by atomic mass is 16.5. The second kappa shape index (κ2) is 16.9. The van der Waals surface area contributed by atoms with Crippen LogP contribution in [0, 0.1) is 10.4 Å². The van der Waals surface area contributed by atoms with Crippen LogP contribution < -0.4 is 0 Å². The first-order chi connectivity index (χ1) is 11.4. The average molecular weight is 336 g/mol. The SMILES string of the molecule is C=[N+]([O-])CCCC.C=[N+]([O-])CCCC.O=Cc1ccc(C=O)cc1. The second-order valence-electron chi connectivity index (χ2n) is 5.02. The molecule has 0 aromatic heterocycles. The highest BCUT2D eigenvalue weighted by Crippen LogP contribution is 1.98. The van der Waals surface area contributed by atoms with Crippen LogP contribution in [0.4, 0.5) is 0 Å². The maximum atomic E-state index is 10.1. The Bertz CT molecular complexity index is 439. The molecule has 0 fully saturated rings. The van der Waals surface area contributed by atoms with E-state index < -0.39 is 0 Å². The number of carbonyl (C=O) groups excluding carboxylic acids is 2. The third-order valence-electron chi connectivity index (χ3n) is 2.73. The van der Waals surface area contributed by atoms with E-state index in [0.717, 1.165) is 38.3 Å². The molecule has 6 heteroatoms. The Morgan fingerprint density at radius 2 is 1.12 bits per heavy atom. The van der Waals surface area contributed by atoms with E-state index >= 15 is 0 Å². The van der Waals surface area contributed by atoms with E-state index in [9.17, 15) is 20.0 Å². The lowest BCUT2D eigenvalue weighted by atomic mass is 10.2. The molecule has 6 nitrogen and oxygen atoms in total. The van der Waals surface area contributed by atoms with Gasteiger partial charge in [0.2, 0.25) is 0 Å². The van der Waals surface area contributed by atoms with Gasteiger partial charge in [0.15, 0.2) is 13.1 Å². The van der Waals surface area contributed by atoms with Crippen molar-refractivity contribution >= 4 is 26.0 Å². The van der Waals surface area contributed by atoms with Crippen molar-refractivity contribution in [3.63, 3.8) is 0 Å². The number of hydrogen-bond donors (Lipinski definition) is 0. The van der Waals surface area contributed by atoms with E-state index in [-0.39, 0.29) is 0 Å². The fraction of sp³-hybridized carbons (Fsp3) is 0.444. The Morgan fingerprint density at radius 1 is 0.833 bits per heavy atom. The fourth-order valence-corrected chi connectivity index (χ4v) is 1.32. The van der Waals surface area contributed by atoms with E-state index in [1.165, 1.54) is 0 Å². The predicted octanol–water partition coefficient (Wildman–Crippen LogP) is 3.31. The Balaban J connectivity index is 0. The number of aldehydes is 2. The summed E-state index contributed by atoms with van der Waals surface area (Å²) in [6.07, 6.45) is 5.52. The quantitative estimate of drug-likeness (QED) is 0.240. The zero-order valence-corrected chi connectivity index (χ0v) is 14.6. The van der Waals surface area contributed by atoms with Gasteiger partial charge in [-0.05, 0) is 0 Å². The number of carbonyl (C=O) groups is 2. The minimum Gasteiger partial charge on any atom is -0.624 e. The van der Waals surface area contributed by atoms with Crippen molar-refractivity contribution in [3.05, 3.63) is 45.8 Å². The van der Waals surface area contributed by atoms with E-state index in [0.29, 0.717) is 33.7 Å². The molecule has 0 unspecified atom stereocenters. The van der Waals surface area contributed by atoms with Gasteiger partial charge in [-0.2, -0.15) is 0 Å². The molecule has 0 atom stereocenters. The summed E-state index contributed by atoms with van der Waals surface area (Å²) in [6.45, 7) is 11.5. The number of hydrogen-bond acceptors (Lipinski definition) is 4. The highest BCUT2D eigenvalue weighted by Gasteiger charge is 1.89. The van der Waals surface area contributed by atoms with Crippen molar-refractivity contribution in [3.8, 4) is 0 Å². The number of benzene rings is 1. The van der Waals surface area contributed by atoms with Gasteiger partial charge >= 0.3 is 0 Å². The number of unbranched alkanes of at least 4 members (excludes halogenated alkanes) is 2. The van der Waals surface area contributed by atoms with Crippen molar-refractivity contribution in [1.82, 2.24) is 0 Å². The van der Waals surface area contributed by atoms with Crippen LogP contribution in [0.3, 0.4) is 0 Å². The fourth-order valence-electron chi connectivity index (χ4n) is 1.32. The molecule has 0 aliphatic heterocycles. The van der Waals surface area contributed by atoms with E-state index in [1.54, 1.807) is 24.3 Å². The van der Waals surface area contributed by atoms with Gasteiger partial charge in [0.25, 0.3) is 0 Å². The summed E-state index contributed by atoms with van der Waals surface area (Å²) < 4.78 is 1.42. The van der Waals surface area contributed by atoms with Gasteiger partial charge in [-0.15, -0.1) is 0 Å². The summed E-state index contributed by atoms with van der Waals surface area (Å²) in [5.74, 6) is 0. The molecule has 0 saturated heterocycles. The van der Waals surface area contributed by atoms with Crippen molar-refractivity contribution < 1.29 is 19.1 Å². The van der Waals surface area contributed by atoms with Crippen molar-refractivity contribution in [1.29, 1.82) is 0 Å². The minimum atomic E-state index is 0.566. The van der Waals surface area contributed by atoms with E-state index in [2.05, 4.69) is 13.4 Å². The first-order valence-electron chi connectivity index (χ1n) is 7.91. The summed E-state index contributed by atoms with van der Waals surface area (Å²) in [7, 11) is 0. The van der Waals surface area contributed by atoms with Crippen molar-refractivity contribution in [2.75, 3.05) is 13.1 Å². The van der Waals surface area contributed by atoms with Crippen LogP contribution in [0.1, 0.15) is 60.2 Å². The summed E-state index contributed by atoms with van der Waals surface area (Å²) in [5.41, 5.74) is 1.18. The molecule has 0 heterocycles. The first-order valence-corrected chi connectivity index (χ1v) is 7.91. The Hall–Kier alpha value is -2.50. The van der Waals surface area contributed by atoms with Crippen LogP contribution in [-0.2, 0) is 0 Å². The highest BCUT2D eigenvalue weighted by molar-refractivity contribution is 5.79. The predicted molar refractivity (Wildman–Crippen MR) is 98.3 cm³/mol. The van der Waals surface area contributed by atoms with Crippen molar-refractivity contribution in [2.24, 2.45) is 0 Å². The average Bonchev–Trinajstić information content (AvgIpc) is 2.59. The van der Waals surface area contributed by atoms with Crippen LogP contribution in [0.5, 0.6) is 0 Å². The monoisotopic (exact) mass is 336 g/mol. The lowest BCUT2D eigenvalue weighted by molar-refractivity contribution is -0.449. The zero-order chi connectivity index (χ0) is 18.8. The molecule has 1 aromatic rings. The third kappa shape index (κ3) is 17.6. The summed E-state index contributed by atoms with van der Waals surface area (Å²) in [6, 6.07) is 6.43. The van der Waals surface area contributed by atoms with Gasteiger partial charge in [-0.1, -0.05) is 51.0 Å². The lowest BCUT2D eigenvalue weighted by Crippen LogP contribution is -2.00. The van der Waals surface area contributed by atoms with Crippen LogP contribution >= 0.6 is 0 Å². The maximum absolute atomic E-state index is 10.1. The minimum absolute atomic E-state index is 0.566. The molecule has 0 aliphatic carbocycles. The van der Waals surface area contributed by atoms with Gasteiger partial charge in [0.05, 0.1) is 0 Å². The molecular weight excluding hydrogens is 308 g/mol. The van der Waals surface area contributed by atoms with Gasteiger partial charge in [-0.3, -0.25) is 9.59 Å². The molecule has 0 N–H and O–H groups in total. The number of hydroxylamine groups is 2. The molecule has 0 saturated carbocycles. The Morgan fingerprint density at radius 3 is 1.25 bits per heavy atom. The van der Waals surface area contributed by atoms with Crippen LogP contribution in [0.2, 0.25) is 0 Å². The molecule has 0 radical (unpaired) electrons. The molecule has 0 bridgehead atoms. The standard InChI is InChI=1S/C8H6O2.2C5H11NO/c9-5-7-1-2-8(6-10)4-3-7;2*1-3-4-5-6(2)7/h1-6H;2*2-5H2,1H3. The van der Waals surface area contributed by atoms with Crippen LogP contribution in [0.25, 0.3) is 0 Å². The van der Waals surface area contributed by atoms with Crippen LogP contribution in [-0.4, -0.2) is 48.6 Å². The van der Waals surface area contributed by atoms with Gasteiger partial charge in [0, 0.05) is 24.0 Å². The molecule has 0 aliphatic rings. The Labute approximate surface area is 144 Å². The van der Waals surface area contributed by atoms with Gasteiger partial charge in [0.1, 0.15) is 26.0 Å². The maximum Gasteiger partial charge on any atom is 0.152 e. The summed E-state index contributed by atoms with van der Waals surface area (Å²) >= 11 is 0. The first kappa shape index (κ1) is 23.8. The number of rotatable bonds is 8. The molecule has 134 valence electrons. The van der Waals surface area contributed by atoms with E-state index in [1.807, 2.05) is 13.8 Å². The molecule has 0 amide bonds. The normalized spacial score (nSPS) is 8.75.